The first kappa shape index (κ1) is 13.6. The summed E-state index contributed by atoms with van der Waals surface area (Å²) in [5.74, 6) is 2.93. The normalized spacial score (nSPS) is 16.3. The van der Waals surface area contributed by atoms with Gasteiger partial charge in [0.05, 0.1) is 12.8 Å². The van der Waals surface area contributed by atoms with Crippen LogP contribution in [0.5, 0.6) is 5.75 Å². The Morgan fingerprint density at radius 2 is 2.17 bits per heavy atom. The quantitative estimate of drug-likeness (QED) is 0.925. The third-order valence-electron chi connectivity index (χ3n) is 3.01. The van der Waals surface area contributed by atoms with Gasteiger partial charge >= 0.3 is 0 Å². The molecule has 0 radical (unpaired) electrons. The van der Waals surface area contributed by atoms with Crippen LogP contribution in [0, 0.1) is 5.92 Å². The predicted molar refractivity (Wildman–Crippen MR) is 76.7 cm³/mol. The van der Waals surface area contributed by atoms with Gasteiger partial charge in [-0.25, -0.2) is 0 Å². The average molecular weight is 286 g/mol. The third kappa shape index (κ3) is 3.33. The lowest BCUT2D eigenvalue weighted by atomic mass is 10.0. The lowest BCUT2D eigenvalue weighted by Gasteiger charge is -2.21. The maximum Gasteiger partial charge on any atom is 0.227 e. The molecule has 1 fully saturated rings. The number of hydrogen-bond donors (Lipinski definition) is 1. The van der Waals surface area contributed by atoms with E-state index in [0.717, 1.165) is 24.3 Å². The van der Waals surface area contributed by atoms with Crippen molar-refractivity contribution in [2.45, 2.75) is 12.8 Å². The Hall–Kier alpha value is -0.870. The number of rotatable bonds is 3. The van der Waals surface area contributed by atoms with Crippen LogP contribution in [-0.2, 0) is 4.79 Å². The van der Waals surface area contributed by atoms with Gasteiger partial charge in [-0.1, -0.05) is 11.6 Å². The lowest BCUT2D eigenvalue weighted by Crippen LogP contribution is -2.26. The Bertz CT molecular complexity index is 433. The maximum absolute atomic E-state index is 12.1. The molecule has 3 nitrogen and oxygen atoms in total. The monoisotopic (exact) mass is 285 g/mol. The van der Waals surface area contributed by atoms with Crippen molar-refractivity contribution in [2.75, 3.05) is 23.9 Å². The van der Waals surface area contributed by atoms with Crippen LogP contribution in [0.15, 0.2) is 18.2 Å². The molecule has 1 aromatic rings. The summed E-state index contributed by atoms with van der Waals surface area (Å²) in [6.07, 6.45) is 1.89. The Balaban J connectivity index is 2.07. The summed E-state index contributed by atoms with van der Waals surface area (Å²) in [7, 11) is 1.58. The second kappa shape index (κ2) is 6.34. The standard InChI is InChI=1S/C13H16ClNO2S/c1-17-12-3-2-10(14)8-11(12)15-13(16)9-4-6-18-7-5-9/h2-3,8-9H,4-7H2,1H3,(H,15,16). The zero-order valence-corrected chi connectivity index (χ0v) is 11.8. The van der Waals surface area contributed by atoms with Crippen LogP contribution in [0.25, 0.3) is 0 Å². The molecule has 1 aliphatic heterocycles. The van der Waals surface area contributed by atoms with E-state index in [1.54, 1.807) is 25.3 Å². The molecular weight excluding hydrogens is 270 g/mol. The summed E-state index contributed by atoms with van der Waals surface area (Å²) in [6, 6.07) is 5.22. The first-order chi connectivity index (χ1) is 8.70. The smallest absolute Gasteiger partial charge is 0.227 e. The van der Waals surface area contributed by atoms with Gasteiger partial charge in [0.2, 0.25) is 5.91 Å². The number of thioether (sulfide) groups is 1. The summed E-state index contributed by atoms with van der Waals surface area (Å²) in [5, 5.41) is 3.50. The lowest BCUT2D eigenvalue weighted by molar-refractivity contribution is -0.120. The Kier molecular flexibility index (Phi) is 4.78. The molecule has 2 rings (SSSR count). The van der Waals surface area contributed by atoms with E-state index in [1.807, 2.05) is 11.8 Å². The number of nitrogens with one attached hydrogen (secondary N) is 1. The van der Waals surface area contributed by atoms with Crippen LogP contribution in [0.4, 0.5) is 5.69 Å². The Labute approximate surface area is 116 Å². The number of carbonyl (C=O) groups excluding carboxylic acids is 1. The van der Waals surface area contributed by atoms with Crippen LogP contribution in [0.3, 0.4) is 0 Å². The molecular formula is C13H16ClNO2S. The summed E-state index contributed by atoms with van der Waals surface area (Å²) < 4.78 is 5.21. The van der Waals surface area contributed by atoms with E-state index in [2.05, 4.69) is 5.32 Å². The number of benzene rings is 1. The van der Waals surface area contributed by atoms with Crippen molar-refractivity contribution in [3.63, 3.8) is 0 Å². The highest BCUT2D eigenvalue weighted by molar-refractivity contribution is 7.99. The third-order valence-corrected chi connectivity index (χ3v) is 4.30. The molecule has 1 amide bonds. The number of amides is 1. The Morgan fingerprint density at radius 3 is 2.83 bits per heavy atom. The van der Waals surface area contributed by atoms with E-state index < -0.39 is 0 Å². The second-order valence-corrected chi connectivity index (χ2v) is 5.88. The van der Waals surface area contributed by atoms with Gasteiger partial charge in [0.25, 0.3) is 0 Å². The molecule has 0 atom stereocenters. The molecule has 5 heteroatoms. The van der Waals surface area contributed by atoms with E-state index >= 15 is 0 Å². The van der Waals surface area contributed by atoms with Crippen molar-refractivity contribution >= 4 is 35.0 Å². The zero-order valence-electron chi connectivity index (χ0n) is 10.2. The number of halogens is 1. The number of carbonyl (C=O) groups is 1. The van der Waals surface area contributed by atoms with Crippen molar-refractivity contribution in [3.8, 4) is 5.75 Å². The molecule has 0 spiro atoms. The highest BCUT2D eigenvalue weighted by Gasteiger charge is 2.22. The molecule has 1 saturated heterocycles. The van der Waals surface area contributed by atoms with Crippen LogP contribution < -0.4 is 10.1 Å². The topological polar surface area (TPSA) is 38.3 Å². The predicted octanol–water partition coefficient (Wildman–Crippen LogP) is 3.43. The molecule has 0 bridgehead atoms. The van der Waals surface area contributed by atoms with E-state index in [4.69, 9.17) is 16.3 Å². The van der Waals surface area contributed by atoms with Crippen LogP contribution in [-0.4, -0.2) is 24.5 Å². The first-order valence-corrected chi connectivity index (χ1v) is 7.46. The van der Waals surface area contributed by atoms with Gasteiger partial charge in [0, 0.05) is 10.9 Å². The SMILES string of the molecule is COc1ccc(Cl)cc1NC(=O)C1CCSCC1. The molecule has 0 unspecified atom stereocenters. The summed E-state index contributed by atoms with van der Waals surface area (Å²) in [4.78, 5) is 12.1. The van der Waals surface area contributed by atoms with Gasteiger partial charge in [-0.3, -0.25) is 4.79 Å². The number of hydrogen-bond acceptors (Lipinski definition) is 3. The Morgan fingerprint density at radius 1 is 1.44 bits per heavy atom. The molecule has 98 valence electrons. The van der Waals surface area contributed by atoms with Crippen LogP contribution in [0.1, 0.15) is 12.8 Å². The summed E-state index contributed by atoms with van der Waals surface area (Å²) >= 11 is 7.84. The van der Waals surface area contributed by atoms with Crippen molar-refractivity contribution in [3.05, 3.63) is 23.2 Å². The largest absolute Gasteiger partial charge is 0.495 e. The highest BCUT2D eigenvalue weighted by atomic mass is 35.5. The minimum atomic E-state index is 0.0656. The zero-order chi connectivity index (χ0) is 13.0. The van der Waals surface area contributed by atoms with Crippen molar-refractivity contribution in [1.82, 2.24) is 0 Å². The summed E-state index contributed by atoms with van der Waals surface area (Å²) in [6.45, 7) is 0. The molecule has 1 heterocycles. The molecule has 1 aromatic carbocycles. The number of anilines is 1. The fourth-order valence-electron chi connectivity index (χ4n) is 1.97. The summed E-state index contributed by atoms with van der Waals surface area (Å²) in [5.41, 5.74) is 0.647. The second-order valence-electron chi connectivity index (χ2n) is 4.22. The van der Waals surface area contributed by atoms with Gasteiger partial charge in [-0.15, -0.1) is 0 Å². The van der Waals surface area contributed by atoms with Crippen LogP contribution >= 0.6 is 23.4 Å². The van der Waals surface area contributed by atoms with Crippen molar-refractivity contribution in [1.29, 1.82) is 0 Å². The molecule has 1 aliphatic rings. The molecule has 1 N–H and O–H groups in total. The first-order valence-electron chi connectivity index (χ1n) is 5.93. The van der Waals surface area contributed by atoms with E-state index in [9.17, 15) is 4.79 Å². The molecule has 18 heavy (non-hydrogen) atoms. The van der Waals surface area contributed by atoms with Gasteiger partial charge < -0.3 is 10.1 Å². The van der Waals surface area contributed by atoms with E-state index in [1.165, 1.54) is 0 Å². The molecule has 0 saturated carbocycles. The maximum atomic E-state index is 12.1. The van der Waals surface area contributed by atoms with Gasteiger partial charge in [-0.05, 0) is 42.5 Å². The van der Waals surface area contributed by atoms with Crippen molar-refractivity contribution in [2.24, 2.45) is 5.92 Å². The van der Waals surface area contributed by atoms with Crippen molar-refractivity contribution < 1.29 is 9.53 Å². The van der Waals surface area contributed by atoms with E-state index in [0.29, 0.717) is 16.5 Å². The molecule has 0 aromatic heterocycles. The number of methoxy groups -OCH3 is 1. The van der Waals surface area contributed by atoms with E-state index in [-0.39, 0.29) is 11.8 Å². The fraction of sp³-hybridized carbons (Fsp3) is 0.462. The van der Waals surface area contributed by atoms with Gasteiger partial charge in [-0.2, -0.15) is 11.8 Å². The number of ether oxygens (including phenoxy) is 1. The minimum Gasteiger partial charge on any atom is -0.495 e. The fourth-order valence-corrected chi connectivity index (χ4v) is 3.25. The molecule has 0 aliphatic carbocycles. The van der Waals surface area contributed by atoms with Gasteiger partial charge in [0.15, 0.2) is 0 Å². The minimum absolute atomic E-state index is 0.0656. The highest BCUT2D eigenvalue weighted by Crippen LogP contribution is 2.30. The van der Waals surface area contributed by atoms with Crippen LogP contribution in [0.2, 0.25) is 5.02 Å². The average Bonchev–Trinajstić information content (AvgIpc) is 2.40. The van der Waals surface area contributed by atoms with Gasteiger partial charge in [0.1, 0.15) is 5.75 Å².